The van der Waals surface area contributed by atoms with Crippen molar-refractivity contribution in [3.05, 3.63) is 0 Å². The van der Waals surface area contributed by atoms with Gasteiger partial charge < -0.3 is 60.0 Å². The Labute approximate surface area is 106 Å². The predicted molar refractivity (Wildman–Crippen MR) is 32.1 cm³/mol. The first kappa shape index (κ1) is 29.3. The molecule has 0 aromatic carbocycles. The minimum Gasteiger partial charge on any atom is -0.565 e. The van der Waals surface area contributed by atoms with Crippen molar-refractivity contribution in [1.29, 1.82) is 0 Å². The van der Waals surface area contributed by atoms with Crippen LogP contribution in [-0.2, 0) is 21.1 Å². The first-order chi connectivity index (χ1) is 6.93. The minimum absolute atomic E-state index is 0. The van der Waals surface area contributed by atoms with Gasteiger partial charge in [0.25, 0.3) is 0 Å². The van der Waals surface area contributed by atoms with Gasteiger partial charge in [0, 0.05) is 0 Å². The van der Waals surface area contributed by atoms with Crippen LogP contribution < -0.4 is 20.4 Å². The Hall–Kier alpha value is -2.23. The van der Waals surface area contributed by atoms with E-state index in [9.17, 15) is 0 Å². The molecular weight excluding hydrogens is 336 g/mol. The summed E-state index contributed by atoms with van der Waals surface area (Å²) in [5, 5.41) is 61.2. The van der Waals surface area contributed by atoms with Gasteiger partial charge in [-0.15, -0.1) is 0 Å². The zero-order valence-electron chi connectivity index (χ0n) is 7.46. The van der Waals surface area contributed by atoms with Crippen molar-refractivity contribution < 1.29 is 81.1 Å². The molecule has 98 valence electrons. The van der Waals surface area contributed by atoms with Crippen LogP contribution in [0.1, 0.15) is 0 Å². The standard InChI is InChI=1S/4CH2O3.Mo/c4*2-1(3)4;/h4*(H2,2,3,4);/q;;;;+4/p-4. The van der Waals surface area contributed by atoms with Gasteiger partial charge in [0.05, 0.1) is 0 Å². The average molecular weight is 340 g/mol. The van der Waals surface area contributed by atoms with Crippen LogP contribution in [0.4, 0.5) is 19.2 Å². The fourth-order valence-corrected chi connectivity index (χ4v) is 0. The second kappa shape index (κ2) is 23.5. The second-order valence-electron chi connectivity index (χ2n) is 1.06. The molecule has 0 radical (unpaired) electrons. The van der Waals surface area contributed by atoms with Gasteiger partial charge in [-0.25, -0.2) is 0 Å². The van der Waals surface area contributed by atoms with Gasteiger partial charge in [-0.05, 0) is 0 Å². The van der Waals surface area contributed by atoms with E-state index in [1.807, 2.05) is 0 Å². The van der Waals surface area contributed by atoms with E-state index in [-0.39, 0.29) is 21.1 Å². The van der Waals surface area contributed by atoms with Crippen LogP contribution >= 0.6 is 0 Å². The zero-order valence-corrected chi connectivity index (χ0v) is 9.47. The monoisotopic (exact) mass is 342 g/mol. The second-order valence-corrected chi connectivity index (χ2v) is 1.06. The number of hydrogen-bond donors (Lipinski definition) is 4. The molecule has 12 nitrogen and oxygen atoms in total. The molecule has 0 aromatic rings. The topological polar surface area (TPSA) is 241 Å². The molecule has 0 aliphatic heterocycles. The van der Waals surface area contributed by atoms with Crippen LogP contribution in [-0.4, -0.2) is 45.0 Å². The summed E-state index contributed by atoms with van der Waals surface area (Å²) in [6.45, 7) is 0. The molecule has 0 fully saturated rings. The van der Waals surface area contributed by atoms with Crippen molar-refractivity contribution in [2.45, 2.75) is 0 Å². The van der Waals surface area contributed by atoms with E-state index in [4.69, 9.17) is 60.0 Å². The van der Waals surface area contributed by atoms with Crippen molar-refractivity contribution in [2.24, 2.45) is 0 Å². The van der Waals surface area contributed by atoms with Gasteiger partial charge in [0.2, 0.25) is 24.6 Å². The number of carboxylic acid groups (broad SMARTS) is 8. The molecule has 0 saturated heterocycles. The van der Waals surface area contributed by atoms with Gasteiger partial charge in [-0.1, -0.05) is 0 Å². The van der Waals surface area contributed by atoms with Gasteiger partial charge >= 0.3 is 21.1 Å². The van der Waals surface area contributed by atoms with Gasteiger partial charge in [-0.2, -0.15) is 0 Å². The zero-order chi connectivity index (χ0) is 14.3. The third-order valence-corrected chi connectivity index (χ3v) is 0. The van der Waals surface area contributed by atoms with E-state index >= 15 is 0 Å². The van der Waals surface area contributed by atoms with Crippen LogP contribution in [0.15, 0.2) is 0 Å². The average Bonchev–Trinajstić information content (AvgIpc) is 1.76. The minimum atomic E-state index is -2.08. The molecule has 0 unspecified atom stereocenters. The summed E-state index contributed by atoms with van der Waals surface area (Å²) in [4.78, 5) is 33.8. The van der Waals surface area contributed by atoms with Crippen molar-refractivity contribution in [1.82, 2.24) is 0 Å². The molecule has 0 aliphatic carbocycles. The summed E-state index contributed by atoms with van der Waals surface area (Å²) in [6, 6.07) is 0. The molecule has 0 spiro atoms. The molecule has 0 aromatic heterocycles. The number of carbonyl (C=O) groups is 4. The molecule has 0 amide bonds. The van der Waals surface area contributed by atoms with Crippen LogP contribution in [0, 0.1) is 0 Å². The Morgan fingerprint density at radius 3 is 0.529 bits per heavy atom. The Balaban J connectivity index is -0.0000000369. The molecule has 4 N–H and O–H groups in total. The van der Waals surface area contributed by atoms with Crippen molar-refractivity contribution in [2.75, 3.05) is 0 Å². The maximum absolute atomic E-state index is 8.44. The Morgan fingerprint density at radius 1 is 0.529 bits per heavy atom. The SMILES string of the molecule is O=C([O-])O.O=C([O-])O.O=C([O-])O.O=C([O-])O.[Mo+4]. The summed E-state index contributed by atoms with van der Waals surface area (Å²) in [7, 11) is 0. The van der Waals surface area contributed by atoms with E-state index in [2.05, 4.69) is 0 Å². The molecule has 13 heteroatoms. The summed E-state index contributed by atoms with van der Waals surface area (Å²) < 4.78 is 0. The molecule has 0 saturated carbocycles. The maximum Gasteiger partial charge on any atom is 4.00 e. The summed E-state index contributed by atoms with van der Waals surface area (Å²) in [5.74, 6) is 0. The van der Waals surface area contributed by atoms with E-state index in [0.717, 1.165) is 0 Å². The molecule has 0 heterocycles. The third-order valence-electron chi connectivity index (χ3n) is 0. The molecule has 0 atom stereocenters. The molecule has 0 rings (SSSR count). The van der Waals surface area contributed by atoms with Crippen LogP contribution in [0.5, 0.6) is 0 Å². The van der Waals surface area contributed by atoms with E-state index < -0.39 is 24.6 Å². The molecule has 17 heavy (non-hydrogen) atoms. The normalized spacial score (nSPS) is 5.65. The fraction of sp³-hybridized carbons (Fsp3) is 0. The Bertz CT molecular complexity index is 159. The Morgan fingerprint density at radius 2 is 0.529 bits per heavy atom. The van der Waals surface area contributed by atoms with Gasteiger partial charge in [0.15, 0.2) is 0 Å². The van der Waals surface area contributed by atoms with Crippen molar-refractivity contribution in [3.8, 4) is 0 Å². The van der Waals surface area contributed by atoms with E-state index in [0.29, 0.717) is 0 Å². The Kier molecular flexibility index (Phi) is 40.6. The van der Waals surface area contributed by atoms with Gasteiger partial charge in [-0.3, -0.25) is 0 Å². The van der Waals surface area contributed by atoms with Crippen LogP contribution in [0.3, 0.4) is 0 Å². The summed E-state index contributed by atoms with van der Waals surface area (Å²) in [5.41, 5.74) is 0. The first-order valence-corrected chi connectivity index (χ1v) is 2.53. The molecular formula is C4H4MoO12. The molecule has 0 aliphatic rings. The largest absolute Gasteiger partial charge is 4.00 e. The predicted octanol–water partition coefficient (Wildman–Crippen LogP) is -4.45. The van der Waals surface area contributed by atoms with Gasteiger partial charge in [0.1, 0.15) is 0 Å². The number of hydrogen-bond acceptors (Lipinski definition) is 8. The van der Waals surface area contributed by atoms with Crippen molar-refractivity contribution >= 4 is 24.6 Å². The quantitative estimate of drug-likeness (QED) is 0.305. The summed E-state index contributed by atoms with van der Waals surface area (Å²) >= 11 is 0. The summed E-state index contributed by atoms with van der Waals surface area (Å²) in [6.07, 6.45) is -8.33. The third kappa shape index (κ3) is 383. The van der Waals surface area contributed by atoms with Crippen LogP contribution in [0.2, 0.25) is 0 Å². The maximum atomic E-state index is 8.44. The number of rotatable bonds is 0. The molecule has 0 bridgehead atoms. The smallest absolute Gasteiger partial charge is 0.565 e. The fourth-order valence-electron chi connectivity index (χ4n) is 0. The van der Waals surface area contributed by atoms with Crippen molar-refractivity contribution in [3.63, 3.8) is 0 Å². The van der Waals surface area contributed by atoms with Crippen LogP contribution in [0.25, 0.3) is 0 Å². The van der Waals surface area contributed by atoms with E-state index in [1.165, 1.54) is 0 Å². The van der Waals surface area contributed by atoms with E-state index in [1.54, 1.807) is 0 Å². The first-order valence-electron chi connectivity index (χ1n) is 2.53.